The monoisotopic (exact) mass is 307 g/mol. The molecule has 1 aromatic heterocycles. The van der Waals surface area contributed by atoms with E-state index in [0.717, 1.165) is 22.1 Å². The van der Waals surface area contributed by atoms with E-state index >= 15 is 0 Å². The second-order valence-corrected chi connectivity index (χ2v) is 4.37. The van der Waals surface area contributed by atoms with Crippen molar-refractivity contribution in [2.45, 2.75) is 18.9 Å². The van der Waals surface area contributed by atoms with Gasteiger partial charge >= 0.3 is 0 Å². The van der Waals surface area contributed by atoms with Crippen LogP contribution in [0.2, 0.25) is 0 Å². The Hall–Kier alpha value is -0.230. The zero-order chi connectivity index (χ0) is 10.2. The molecule has 76 valence electrons. The number of aromatic nitrogens is 1. The summed E-state index contributed by atoms with van der Waals surface area (Å²) in [6.07, 6.45) is 0.828. The smallest absolute Gasteiger partial charge is 0.213 e. The van der Waals surface area contributed by atoms with Gasteiger partial charge in [-0.3, -0.25) is 0 Å². The molecule has 0 amide bonds. The van der Waals surface area contributed by atoms with Gasteiger partial charge in [-0.1, -0.05) is 28.7 Å². The van der Waals surface area contributed by atoms with E-state index in [-0.39, 0.29) is 0 Å². The first-order valence-electron chi connectivity index (χ1n) is 4.51. The predicted octanol–water partition coefficient (Wildman–Crippen LogP) is 2.44. The molecule has 0 saturated heterocycles. The molecule has 0 aromatic carbocycles. The summed E-state index contributed by atoms with van der Waals surface area (Å²) in [4.78, 5) is 3.94. The Morgan fingerprint density at radius 3 is 3.14 bits per heavy atom. The van der Waals surface area contributed by atoms with Crippen molar-refractivity contribution in [1.29, 1.82) is 0 Å². The van der Waals surface area contributed by atoms with Crippen LogP contribution in [-0.4, -0.2) is 16.0 Å². The van der Waals surface area contributed by atoms with E-state index in [0.29, 0.717) is 6.61 Å². The van der Waals surface area contributed by atoms with Crippen molar-refractivity contribution < 1.29 is 9.13 Å². The van der Waals surface area contributed by atoms with E-state index in [1.807, 2.05) is 13.0 Å². The molecule has 0 fully saturated rings. The number of alkyl halides is 1. The van der Waals surface area contributed by atoms with Crippen molar-refractivity contribution in [3.63, 3.8) is 0 Å². The number of halogens is 2. The highest BCUT2D eigenvalue weighted by atomic mass is 127. The van der Waals surface area contributed by atoms with Crippen LogP contribution in [0.15, 0.2) is 12.1 Å². The van der Waals surface area contributed by atoms with Gasteiger partial charge in [0.15, 0.2) is 0 Å². The molecule has 0 bridgehead atoms. The second-order valence-electron chi connectivity index (χ2n) is 3.60. The van der Waals surface area contributed by atoms with Crippen molar-refractivity contribution in [1.82, 2.24) is 4.98 Å². The summed E-state index contributed by atoms with van der Waals surface area (Å²) in [5.74, 6) is -0.426. The second kappa shape index (κ2) is 3.73. The van der Waals surface area contributed by atoms with Crippen LogP contribution in [0.1, 0.15) is 18.2 Å². The maximum absolute atomic E-state index is 13.0. The molecular formula is C10H11FINO. The lowest BCUT2D eigenvalue weighted by Crippen LogP contribution is -2.35. The first kappa shape index (κ1) is 10.3. The number of fused-ring (bicyclic) bond motifs is 1. The average Bonchev–Trinajstić information content (AvgIpc) is 2.20. The molecule has 2 rings (SSSR count). The zero-order valence-electron chi connectivity index (χ0n) is 7.89. The molecular weight excluding hydrogens is 296 g/mol. The van der Waals surface area contributed by atoms with Crippen LogP contribution in [0.5, 0.6) is 0 Å². The molecule has 0 N–H and O–H groups in total. The summed E-state index contributed by atoms with van der Waals surface area (Å²) in [6.45, 7) is 2.66. The Kier molecular flexibility index (Phi) is 2.74. The minimum absolute atomic E-state index is 0.420. The SMILES string of the molecule is CC1(CI)OCCc2ccc(F)nc21. The molecule has 0 radical (unpaired) electrons. The van der Waals surface area contributed by atoms with Crippen LogP contribution in [0.3, 0.4) is 0 Å². The lowest BCUT2D eigenvalue weighted by atomic mass is 9.95. The first-order chi connectivity index (χ1) is 6.65. The number of ether oxygens (including phenoxy) is 1. The molecule has 1 aliphatic heterocycles. The van der Waals surface area contributed by atoms with Crippen LogP contribution in [-0.2, 0) is 16.8 Å². The van der Waals surface area contributed by atoms with Crippen LogP contribution in [0.4, 0.5) is 4.39 Å². The fourth-order valence-corrected chi connectivity index (χ4v) is 2.26. The number of pyridine rings is 1. The third kappa shape index (κ3) is 1.65. The zero-order valence-corrected chi connectivity index (χ0v) is 10.0. The first-order valence-corrected chi connectivity index (χ1v) is 6.04. The minimum Gasteiger partial charge on any atom is -0.368 e. The standard InChI is InChI=1S/C10H11FINO/c1-10(6-12)9-7(4-5-14-10)2-3-8(11)13-9/h2-3H,4-6H2,1H3. The van der Waals surface area contributed by atoms with Gasteiger partial charge in [0.1, 0.15) is 5.60 Å². The molecule has 0 aliphatic carbocycles. The molecule has 14 heavy (non-hydrogen) atoms. The van der Waals surface area contributed by atoms with Gasteiger partial charge in [0.2, 0.25) is 5.95 Å². The predicted molar refractivity (Wildman–Crippen MR) is 60.1 cm³/mol. The fourth-order valence-electron chi connectivity index (χ4n) is 1.68. The van der Waals surface area contributed by atoms with Gasteiger partial charge in [-0.25, -0.2) is 4.98 Å². The number of rotatable bonds is 1. The van der Waals surface area contributed by atoms with E-state index < -0.39 is 11.5 Å². The van der Waals surface area contributed by atoms with Gasteiger partial charge in [-0.05, 0) is 25.0 Å². The van der Waals surface area contributed by atoms with E-state index in [1.54, 1.807) is 0 Å². The summed E-state index contributed by atoms with van der Waals surface area (Å²) < 4.78 is 19.5. The molecule has 1 unspecified atom stereocenters. The van der Waals surface area contributed by atoms with E-state index in [2.05, 4.69) is 27.6 Å². The summed E-state index contributed by atoms with van der Waals surface area (Å²) >= 11 is 2.24. The highest BCUT2D eigenvalue weighted by Crippen LogP contribution is 2.32. The summed E-state index contributed by atoms with van der Waals surface area (Å²) in [6, 6.07) is 3.22. The molecule has 1 aliphatic rings. The van der Waals surface area contributed by atoms with Crippen molar-refractivity contribution in [3.05, 3.63) is 29.3 Å². The topological polar surface area (TPSA) is 22.1 Å². The number of hydrogen-bond donors (Lipinski definition) is 0. The Labute approximate surface area is 96.0 Å². The molecule has 4 heteroatoms. The van der Waals surface area contributed by atoms with Crippen LogP contribution >= 0.6 is 22.6 Å². The number of hydrogen-bond acceptors (Lipinski definition) is 2. The van der Waals surface area contributed by atoms with Gasteiger partial charge in [-0.2, -0.15) is 4.39 Å². The fraction of sp³-hybridized carbons (Fsp3) is 0.500. The van der Waals surface area contributed by atoms with Gasteiger partial charge in [0, 0.05) is 4.43 Å². The Balaban J connectivity index is 2.52. The van der Waals surface area contributed by atoms with Crippen molar-refractivity contribution in [3.8, 4) is 0 Å². The lowest BCUT2D eigenvalue weighted by molar-refractivity contribution is -0.0295. The van der Waals surface area contributed by atoms with Crippen molar-refractivity contribution in [2.24, 2.45) is 0 Å². The van der Waals surface area contributed by atoms with Gasteiger partial charge < -0.3 is 4.74 Å². The summed E-state index contributed by atoms with van der Waals surface area (Å²) in [5, 5.41) is 0. The molecule has 2 nitrogen and oxygen atoms in total. The Morgan fingerprint density at radius 2 is 2.43 bits per heavy atom. The largest absolute Gasteiger partial charge is 0.368 e. The molecule has 0 spiro atoms. The maximum atomic E-state index is 13.0. The summed E-state index contributed by atoms with van der Waals surface area (Å²) in [5.41, 5.74) is 1.45. The van der Waals surface area contributed by atoms with Crippen LogP contribution < -0.4 is 0 Å². The van der Waals surface area contributed by atoms with E-state index in [1.165, 1.54) is 6.07 Å². The highest BCUT2D eigenvalue weighted by molar-refractivity contribution is 14.1. The van der Waals surface area contributed by atoms with Gasteiger partial charge in [-0.15, -0.1) is 0 Å². The Bertz CT molecular complexity index is 358. The van der Waals surface area contributed by atoms with Gasteiger partial charge in [0.25, 0.3) is 0 Å². The quantitative estimate of drug-likeness (QED) is 0.452. The van der Waals surface area contributed by atoms with Crippen LogP contribution in [0.25, 0.3) is 0 Å². The molecule has 2 heterocycles. The normalized spacial score (nSPS) is 25.9. The average molecular weight is 307 g/mol. The summed E-state index contributed by atoms with van der Waals surface area (Å²) in [7, 11) is 0. The van der Waals surface area contributed by atoms with E-state index in [9.17, 15) is 4.39 Å². The molecule has 1 atom stereocenters. The van der Waals surface area contributed by atoms with Crippen molar-refractivity contribution >= 4 is 22.6 Å². The third-order valence-electron chi connectivity index (χ3n) is 2.49. The highest BCUT2D eigenvalue weighted by Gasteiger charge is 2.33. The maximum Gasteiger partial charge on any atom is 0.213 e. The number of nitrogens with zero attached hydrogens (tertiary/aromatic N) is 1. The lowest BCUT2D eigenvalue weighted by Gasteiger charge is -2.33. The molecule has 0 saturated carbocycles. The van der Waals surface area contributed by atoms with Crippen LogP contribution in [0, 0.1) is 5.95 Å². The Morgan fingerprint density at radius 1 is 1.64 bits per heavy atom. The molecule has 1 aromatic rings. The van der Waals surface area contributed by atoms with E-state index in [4.69, 9.17) is 4.74 Å². The third-order valence-corrected chi connectivity index (χ3v) is 3.95. The van der Waals surface area contributed by atoms with Crippen molar-refractivity contribution in [2.75, 3.05) is 11.0 Å². The van der Waals surface area contributed by atoms with Gasteiger partial charge in [0.05, 0.1) is 12.3 Å². The minimum atomic E-state index is -0.426.